The first-order chi connectivity index (χ1) is 22.8. The zero-order chi connectivity index (χ0) is 34.7. The van der Waals surface area contributed by atoms with Crippen LogP contribution < -0.4 is 22.1 Å². The number of nitrogens with zero attached hydrogens (tertiary/aromatic N) is 5. The third-order valence-corrected chi connectivity index (χ3v) is 10.0. The number of nitrogens with one attached hydrogen (secondary N) is 3. The molecule has 0 aliphatic carbocycles. The lowest BCUT2D eigenvalue weighted by molar-refractivity contribution is -0.118. The predicted octanol–water partition coefficient (Wildman–Crippen LogP) is 0.0631. The monoisotopic (exact) mass is 710 g/mol. The lowest BCUT2D eigenvalue weighted by Gasteiger charge is -2.27. The van der Waals surface area contributed by atoms with Crippen LogP contribution in [-0.4, -0.2) is 96.0 Å². The summed E-state index contributed by atoms with van der Waals surface area (Å²) in [5.74, 6) is -0.799. The number of aromatic amines is 2. The van der Waals surface area contributed by atoms with E-state index in [1.807, 2.05) is 0 Å². The Balaban J connectivity index is 1.32. The first kappa shape index (κ1) is 35.7. The fourth-order valence-corrected chi connectivity index (χ4v) is 7.19. The third kappa shape index (κ3) is 7.80. The minimum atomic E-state index is -3.69. The number of anilines is 1. The molecule has 5 heterocycles. The highest BCUT2D eigenvalue weighted by molar-refractivity contribution is 8.07. The fourth-order valence-electron chi connectivity index (χ4n) is 5.07. The van der Waals surface area contributed by atoms with Crippen molar-refractivity contribution in [1.82, 2.24) is 29.1 Å². The van der Waals surface area contributed by atoms with E-state index in [9.17, 15) is 29.4 Å². The number of fused-ring (bicyclic) bond motifs is 1. The average Bonchev–Trinajstić information content (AvgIpc) is 3.74. The Morgan fingerprint density at radius 2 is 1.92 bits per heavy atom. The van der Waals surface area contributed by atoms with Crippen LogP contribution in [0.5, 0.6) is 0 Å². The maximum absolute atomic E-state index is 12.7. The van der Waals surface area contributed by atoms with E-state index in [-0.39, 0.29) is 67.1 Å². The van der Waals surface area contributed by atoms with Crippen LogP contribution in [0.2, 0.25) is 0 Å². The summed E-state index contributed by atoms with van der Waals surface area (Å²) in [7, 11) is 0. The Morgan fingerprint density at radius 3 is 2.62 bits per heavy atom. The number of aromatic nitrogens is 6. The molecule has 21 heteroatoms. The smallest absolute Gasteiger partial charge is 0.330 e. The summed E-state index contributed by atoms with van der Waals surface area (Å²) in [4.78, 5) is 65.4. The summed E-state index contributed by atoms with van der Waals surface area (Å²) in [5, 5.41) is 23.4. The number of amides is 1. The van der Waals surface area contributed by atoms with E-state index >= 15 is 0 Å². The zero-order valence-electron chi connectivity index (χ0n) is 26.1. The summed E-state index contributed by atoms with van der Waals surface area (Å²) >= 11 is 5.67. The molecule has 0 saturated carbocycles. The maximum atomic E-state index is 12.7. The number of carbonyl (C=O) groups is 1. The number of aliphatic hydroxyl groups excluding tert-OH is 2. The Morgan fingerprint density at radius 1 is 1.19 bits per heavy atom. The van der Waals surface area contributed by atoms with Crippen molar-refractivity contribution in [3.05, 3.63) is 60.7 Å². The Bertz CT molecular complexity index is 1920. The number of carbonyl (C=O) groups excluding carboxylic acids is 1. The van der Waals surface area contributed by atoms with Gasteiger partial charge in [-0.15, -0.1) is 0 Å². The molecule has 0 bridgehead atoms. The van der Waals surface area contributed by atoms with Crippen LogP contribution in [0.3, 0.4) is 0 Å². The molecule has 7 atom stereocenters. The van der Waals surface area contributed by atoms with E-state index in [2.05, 4.69) is 30.1 Å². The highest BCUT2D eigenvalue weighted by atomic mass is 32.5. The van der Waals surface area contributed by atoms with Crippen molar-refractivity contribution in [2.75, 3.05) is 31.7 Å². The van der Waals surface area contributed by atoms with Crippen LogP contribution in [0.1, 0.15) is 44.7 Å². The highest BCUT2D eigenvalue weighted by Crippen LogP contribution is 2.54. The molecule has 0 radical (unpaired) electrons. The Hall–Kier alpha value is -3.64. The van der Waals surface area contributed by atoms with Crippen molar-refractivity contribution >= 4 is 41.5 Å². The summed E-state index contributed by atoms with van der Waals surface area (Å²) in [6.45, 7) is 7.33. The van der Waals surface area contributed by atoms with Crippen LogP contribution in [0.4, 0.5) is 5.95 Å². The topological polar surface area (TPSA) is 238 Å². The summed E-state index contributed by atoms with van der Waals surface area (Å²) < 4.78 is 32.4. The van der Waals surface area contributed by atoms with Gasteiger partial charge in [-0.2, -0.15) is 4.98 Å². The minimum Gasteiger partial charge on any atom is -0.394 e. The SMILES string of the molecule is [C-]#[N+]CCOP(=S)(OC[C@H]1O[C@@H](n2cc(C)c(=O)[nH]c2=O)C[C@@H]1O)O[C@H]1C[C@H](n2cnc3c(=O)[nH]c(NC(=O)C(C)C)nc32)O[C@@H]1CO. The molecule has 1 amide bonds. The van der Waals surface area contributed by atoms with Gasteiger partial charge in [0.1, 0.15) is 31.3 Å². The van der Waals surface area contributed by atoms with Crippen LogP contribution in [0.15, 0.2) is 26.9 Å². The number of ether oxygens (including phenoxy) is 2. The van der Waals surface area contributed by atoms with Crippen molar-refractivity contribution in [1.29, 1.82) is 0 Å². The molecule has 2 saturated heterocycles. The molecule has 2 aliphatic rings. The second-order valence-electron chi connectivity index (χ2n) is 11.4. The average molecular weight is 711 g/mol. The van der Waals surface area contributed by atoms with E-state index in [4.69, 9.17) is 41.4 Å². The van der Waals surface area contributed by atoms with Gasteiger partial charge in [0.15, 0.2) is 11.2 Å². The molecule has 5 rings (SSSR count). The van der Waals surface area contributed by atoms with E-state index in [0.717, 1.165) is 0 Å². The molecular formula is C27H35N8O11PS. The normalized spacial score (nSPS) is 25.4. The molecule has 2 fully saturated rings. The van der Waals surface area contributed by atoms with Gasteiger partial charge in [-0.05, 0) is 18.7 Å². The lowest BCUT2D eigenvalue weighted by Crippen LogP contribution is -2.33. The molecule has 3 aromatic heterocycles. The van der Waals surface area contributed by atoms with Gasteiger partial charge in [-0.25, -0.2) is 16.4 Å². The largest absolute Gasteiger partial charge is 0.394 e. The Kier molecular flexibility index (Phi) is 11.0. The van der Waals surface area contributed by atoms with E-state index < -0.39 is 67.0 Å². The minimum absolute atomic E-state index is 0.00491. The van der Waals surface area contributed by atoms with Crippen LogP contribution in [-0.2, 0) is 39.6 Å². The van der Waals surface area contributed by atoms with Gasteiger partial charge in [0.05, 0.1) is 31.7 Å². The highest BCUT2D eigenvalue weighted by Gasteiger charge is 2.43. The lowest BCUT2D eigenvalue weighted by atomic mass is 10.2. The number of hydrogen-bond donors (Lipinski definition) is 5. The van der Waals surface area contributed by atoms with Crippen LogP contribution in [0, 0.1) is 19.4 Å². The Labute approximate surface area is 277 Å². The molecule has 3 aromatic rings. The molecule has 260 valence electrons. The quantitative estimate of drug-likeness (QED) is 0.0896. The number of imidazole rings is 1. The first-order valence-corrected chi connectivity index (χ1v) is 17.5. The van der Waals surface area contributed by atoms with Crippen molar-refractivity contribution in [2.45, 2.75) is 70.5 Å². The van der Waals surface area contributed by atoms with Gasteiger partial charge in [-0.1, -0.05) is 13.8 Å². The van der Waals surface area contributed by atoms with Gasteiger partial charge in [-0.3, -0.25) is 38.8 Å². The fraction of sp³-hybridized carbons (Fsp3) is 0.593. The zero-order valence-corrected chi connectivity index (χ0v) is 27.8. The third-order valence-electron chi connectivity index (χ3n) is 7.64. The van der Waals surface area contributed by atoms with Crippen LogP contribution >= 0.6 is 6.72 Å². The van der Waals surface area contributed by atoms with E-state index in [1.165, 1.54) is 28.6 Å². The molecule has 2 aliphatic heterocycles. The summed E-state index contributed by atoms with van der Waals surface area (Å²) in [6, 6.07) is 0. The second kappa shape index (κ2) is 14.9. The van der Waals surface area contributed by atoms with Crippen molar-refractivity contribution < 1.29 is 38.1 Å². The molecule has 0 spiro atoms. The first-order valence-electron chi connectivity index (χ1n) is 14.9. The summed E-state index contributed by atoms with van der Waals surface area (Å²) in [5.41, 5.74) is -1.43. The number of rotatable bonds is 13. The van der Waals surface area contributed by atoms with Crippen molar-refractivity contribution in [3.8, 4) is 0 Å². The second-order valence-corrected chi connectivity index (χ2v) is 14.4. The van der Waals surface area contributed by atoms with Crippen molar-refractivity contribution in [2.24, 2.45) is 5.92 Å². The standard InChI is InChI=1S/C27H35N8O11PS/c1-13(2)23(38)31-26-30-22-21(25(40)32-26)29-12-35(22)20-8-16(17(10-36)44-20)46-47(48,42-6-5-28-4)43-11-18-15(37)7-19(45-18)34-9-14(3)24(39)33-27(34)41/h9,12-13,15-20,36-37H,5-8,10-11H2,1-3H3,(H,33,39,41)(H2,30,31,32,38,40)/t15-,16-,17+,18+,19+,20+,47?/m0/s1. The molecule has 5 N–H and O–H groups in total. The summed E-state index contributed by atoms with van der Waals surface area (Å²) in [6.07, 6.45) is -2.84. The van der Waals surface area contributed by atoms with Gasteiger partial charge in [0.25, 0.3) is 11.1 Å². The molecular weight excluding hydrogens is 675 g/mol. The molecule has 1 unspecified atom stereocenters. The number of H-pyrrole nitrogens is 2. The van der Waals surface area contributed by atoms with Crippen molar-refractivity contribution in [3.63, 3.8) is 0 Å². The molecule has 48 heavy (non-hydrogen) atoms. The number of aliphatic hydroxyl groups is 2. The van der Waals surface area contributed by atoms with E-state index in [0.29, 0.717) is 0 Å². The molecule has 0 aromatic carbocycles. The van der Waals surface area contributed by atoms with Gasteiger partial charge in [0.2, 0.25) is 18.4 Å². The van der Waals surface area contributed by atoms with Crippen LogP contribution in [0.25, 0.3) is 16.0 Å². The maximum Gasteiger partial charge on any atom is 0.330 e. The van der Waals surface area contributed by atoms with Gasteiger partial charge >= 0.3 is 12.4 Å². The van der Waals surface area contributed by atoms with E-state index in [1.54, 1.807) is 13.8 Å². The number of aryl methyl sites for hydroxylation is 1. The number of hydrogen-bond acceptors (Lipinski definition) is 14. The van der Waals surface area contributed by atoms with Gasteiger partial charge in [0, 0.05) is 30.5 Å². The van der Waals surface area contributed by atoms with Gasteiger partial charge < -0.3 is 38.1 Å². The molecule has 19 nitrogen and oxygen atoms in total. The predicted molar refractivity (Wildman–Crippen MR) is 170 cm³/mol.